The highest BCUT2D eigenvalue weighted by atomic mass is 19.1. The molecule has 0 aliphatic carbocycles. The number of rotatable bonds is 4. The summed E-state index contributed by atoms with van der Waals surface area (Å²) in [5.41, 5.74) is 0.568. The van der Waals surface area contributed by atoms with Crippen LogP contribution in [0.25, 0.3) is 0 Å². The van der Waals surface area contributed by atoms with Crippen LogP contribution in [0.5, 0.6) is 5.88 Å². The summed E-state index contributed by atoms with van der Waals surface area (Å²) in [4.78, 5) is 7.60. The first-order valence-electron chi connectivity index (χ1n) is 5.23. The number of hydrogen-bond acceptors (Lipinski definition) is 4. The summed E-state index contributed by atoms with van der Waals surface area (Å²) in [7, 11) is 1.34. The molecule has 0 aliphatic rings. The molecule has 0 spiro atoms. The van der Waals surface area contributed by atoms with Gasteiger partial charge in [0.2, 0.25) is 5.88 Å². The maximum atomic E-state index is 13.4. The second kappa shape index (κ2) is 5.39. The van der Waals surface area contributed by atoms with Gasteiger partial charge >= 0.3 is 0 Å². The van der Waals surface area contributed by atoms with Crippen LogP contribution in [0, 0.1) is 11.6 Å². The van der Waals surface area contributed by atoms with Gasteiger partial charge in [0.15, 0.2) is 17.5 Å². The van der Waals surface area contributed by atoms with E-state index < -0.39 is 11.6 Å². The van der Waals surface area contributed by atoms with E-state index in [-0.39, 0.29) is 18.2 Å². The van der Waals surface area contributed by atoms with E-state index in [0.717, 1.165) is 0 Å². The highest BCUT2D eigenvalue weighted by Crippen LogP contribution is 2.15. The van der Waals surface area contributed by atoms with Crippen molar-refractivity contribution in [2.75, 3.05) is 12.4 Å². The standard InChI is InChI=1S/C12H11F2N3O/c1-18-12-10(14)5-8(7-17-12)6-16-11-9(13)3-2-4-15-11/h2-5,7H,6H2,1H3,(H,15,16). The van der Waals surface area contributed by atoms with Crippen LogP contribution in [0.4, 0.5) is 14.6 Å². The number of pyridine rings is 2. The minimum absolute atomic E-state index is 0.0669. The average molecular weight is 251 g/mol. The van der Waals surface area contributed by atoms with Crippen LogP contribution < -0.4 is 10.1 Å². The van der Waals surface area contributed by atoms with Crippen LogP contribution in [0.1, 0.15) is 5.56 Å². The molecule has 6 heteroatoms. The van der Waals surface area contributed by atoms with E-state index in [1.54, 1.807) is 0 Å². The normalized spacial score (nSPS) is 10.2. The third-order valence-electron chi connectivity index (χ3n) is 2.28. The molecule has 18 heavy (non-hydrogen) atoms. The lowest BCUT2D eigenvalue weighted by Gasteiger charge is -2.07. The zero-order valence-corrected chi connectivity index (χ0v) is 9.65. The average Bonchev–Trinajstić information content (AvgIpc) is 2.38. The zero-order chi connectivity index (χ0) is 13.0. The SMILES string of the molecule is COc1ncc(CNc2ncccc2F)cc1F. The largest absolute Gasteiger partial charge is 0.479 e. The highest BCUT2D eigenvalue weighted by Gasteiger charge is 2.06. The van der Waals surface area contributed by atoms with Crippen LogP contribution >= 0.6 is 0 Å². The molecule has 0 aromatic carbocycles. The topological polar surface area (TPSA) is 47.0 Å². The van der Waals surface area contributed by atoms with Crippen molar-refractivity contribution in [1.29, 1.82) is 0 Å². The Balaban J connectivity index is 2.07. The van der Waals surface area contributed by atoms with Gasteiger partial charge in [0, 0.05) is 18.9 Å². The highest BCUT2D eigenvalue weighted by molar-refractivity contribution is 5.36. The number of aromatic nitrogens is 2. The Morgan fingerprint density at radius 3 is 2.78 bits per heavy atom. The van der Waals surface area contributed by atoms with Crippen molar-refractivity contribution in [1.82, 2.24) is 9.97 Å². The lowest BCUT2D eigenvalue weighted by Crippen LogP contribution is -2.04. The Bertz CT molecular complexity index is 549. The molecule has 2 aromatic heterocycles. The number of hydrogen-bond donors (Lipinski definition) is 1. The van der Waals surface area contributed by atoms with Gasteiger partial charge in [0.25, 0.3) is 0 Å². The molecule has 0 aliphatic heterocycles. The minimum Gasteiger partial charge on any atom is -0.479 e. The molecule has 4 nitrogen and oxygen atoms in total. The van der Waals surface area contributed by atoms with Crippen LogP contribution in [0.3, 0.4) is 0 Å². The Labute approximate surface area is 103 Å². The van der Waals surface area contributed by atoms with Crippen LogP contribution in [-0.4, -0.2) is 17.1 Å². The summed E-state index contributed by atoms with van der Waals surface area (Å²) in [6.07, 6.45) is 2.92. The van der Waals surface area contributed by atoms with Crippen molar-refractivity contribution in [3.05, 3.63) is 47.8 Å². The van der Waals surface area contributed by atoms with Gasteiger partial charge in [-0.15, -0.1) is 0 Å². The van der Waals surface area contributed by atoms with Crippen molar-refractivity contribution in [3.63, 3.8) is 0 Å². The fourth-order valence-corrected chi connectivity index (χ4v) is 1.41. The first-order chi connectivity index (χ1) is 8.70. The first kappa shape index (κ1) is 12.2. The molecular formula is C12H11F2N3O. The van der Waals surface area contributed by atoms with Gasteiger partial charge in [-0.05, 0) is 23.8 Å². The summed E-state index contributed by atoms with van der Waals surface area (Å²) in [5.74, 6) is -0.964. The molecule has 1 N–H and O–H groups in total. The molecule has 0 saturated heterocycles. The van der Waals surface area contributed by atoms with E-state index in [0.29, 0.717) is 5.56 Å². The minimum atomic E-state index is -0.557. The number of ether oxygens (including phenoxy) is 1. The van der Waals surface area contributed by atoms with Crippen LogP contribution in [0.2, 0.25) is 0 Å². The van der Waals surface area contributed by atoms with Crippen LogP contribution in [-0.2, 0) is 6.54 Å². The molecule has 0 unspecified atom stereocenters. The smallest absolute Gasteiger partial charge is 0.250 e. The van der Waals surface area contributed by atoms with Crippen molar-refractivity contribution >= 4 is 5.82 Å². The second-order valence-electron chi connectivity index (χ2n) is 3.52. The molecule has 0 fully saturated rings. The van der Waals surface area contributed by atoms with E-state index in [9.17, 15) is 8.78 Å². The van der Waals surface area contributed by atoms with Crippen LogP contribution in [0.15, 0.2) is 30.6 Å². The maximum absolute atomic E-state index is 13.4. The molecular weight excluding hydrogens is 240 g/mol. The maximum Gasteiger partial charge on any atom is 0.250 e. The van der Waals surface area contributed by atoms with Crippen molar-refractivity contribution in [3.8, 4) is 5.88 Å². The van der Waals surface area contributed by atoms with Gasteiger partial charge in [0.1, 0.15) is 0 Å². The summed E-state index contributed by atoms with van der Waals surface area (Å²) in [6.45, 7) is 0.224. The number of anilines is 1. The summed E-state index contributed by atoms with van der Waals surface area (Å²) >= 11 is 0. The Kier molecular flexibility index (Phi) is 3.66. The van der Waals surface area contributed by atoms with Crippen molar-refractivity contribution in [2.24, 2.45) is 0 Å². The molecule has 2 heterocycles. The summed E-state index contributed by atoms with van der Waals surface area (Å²) < 4.78 is 31.3. The predicted molar refractivity (Wildman–Crippen MR) is 62.3 cm³/mol. The number of nitrogens with one attached hydrogen (secondary N) is 1. The summed E-state index contributed by atoms with van der Waals surface area (Å²) in [6, 6.07) is 4.07. The van der Waals surface area contributed by atoms with E-state index in [1.165, 1.54) is 37.7 Å². The quantitative estimate of drug-likeness (QED) is 0.906. The molecule has 2 rings (SSSR count). The third kappa shape index (κ3) is 2.71. The summed E-state index contributed by atoms with van der Waals surface area (Å²) in [5, 5.41) is 2.76. The Hall–Kier alpha value is -2.24. The van der Waals surface area contributed by atoms with Gasteiger partial charge in [-0.2, -0.15) is 0 Å². The van der Waals surface area contributed by atoms with Gasteiger partial charge in [-0.1, -0.05) is 0 Å². The molecule has 0 saturated carbocycles. The van der Waals surface area contributed by atoms with Gasteiger partial charge in [-0.3, -0.25) is 0 Å². The number of halogens is 2. The van der Waals surface area contributed by atoms with Gasteiger partial charge in [-0.25, -0.2) is 18.7 Å². The zero-order valence-electron chi connectivity index (χ0n) is 9.65. The lowest BCUT2D eigenvalue weighted by atomic mass is 10.2. The monoisotopic (exact) mass is 251 g/mol. The second-order valence-corrected chi connectivity index (χ2v) is 3.52. The first-order valence-corrected chi connectivity index (χ1v) is 5.23. The molecule has 0 amide bonds. The van der Waals surface area contributed by atoms with Gasteiger partial charge in [0.05, 0.1) is 7.11 Å². The van der Waals surface area contributed by atoms with E-state index in [2.05, 4.69) is 15.3 Å². The lowest BCUT2D eigenvalue weighted by molar-refractivity contribution is 0.368. The molecule has 0 radical (unpaired) electrons. The van der Waals surface area contributed by atoms with Gasteiger partial charge < -0.3 is 10.1 Å². The van der Waals surface area contributed by atoms with E-state index >= 15 is 0 Å². The van der Waals surface area contributed by atoms with E-state index in [4.69, 9.17) is 4.74 Å². The fraction of sp³-hybridized carbons (Fsp3) is 0.167. The number of nitrogens with zero attached hydrogens (tertiary/aromatic N) is 2. The third-order valence-corrected chi connectivity index (χ3v) is 2.28. The Morgan fingerprint density at radius 1 is 1.28 bits per heavy atom. The number of methoxy groups -OCH3 is 1. The molecule has 2 aromatic rings. The predicted octanol–water partition coefficient (Wildman–Crippen LogP) is 2.38. The Morgan fingerprint density at radius 2 is 2.11 bits per heavy atom. The molecule has 0 bridgehead atoms. The van der Waals surface area contributed by atoms with E-state index in [1.807, 2.05) is 0 Å². The molecule has 94 valence electrons. The van der Waals surface area contributed by atoms with Crippen molar-refractivity contribution < 1.29 is 13.5 Å². The van der Waals surface area contributed by atoms with Crippen molar-refractivity contribution in [2.45, 2.75) is 6.54 Å². The molecule has 0 atom stereocenters. The fourth-order valence-electron chi connectivity index (χ4n) is 1.41.